The normalized spacial score (nSPS) is 15.9. The molecule has 2 aromatic rings. The van der Waals surface area contributed by atoms with Crippen molar-refractivity contribution in [3.05, 3.63) is 40.8 Å². The van der Waals surface area contributed by atoms with E-state index in [2.05, 4.69) is 57.3 Å². The number of nitrogens with one attached hydrogen (secondary N) is 1. The average Bonchev–Trinajstić information content (AvgIpc) is 2.82. The number of hydrogen-bond donors (Lipinski definition) is 1. The van der Waals surface area contributed by atoms with Crippen LogP contribution in [-0.4, -0.2) is 22.6 Å². The molecule has 0 aliphatic carbocycles. The largest absolute Gasteiger partial charge is 0.337 e. The maximum atomic E-state index is 4.86. The summed E-state index contributed by atoms with van der Waals surface area (Å²) < 4.78 is 3.28. The maximum Gasteiger partial charge on any atom is 0.112 e. The van der Waals surface area contributed by atoms with Gasteiger partial charge in [-0.3, -0.25) is 0 Å². The highest BCUT2D eigenvalue weighted by molar-refractivity contribution is 9.10. The molecule has 0 bridgehead atoms. The van der Waals surface area contributed by atoms with E-state index in [1.54, 1.807) is 0 Å². The average molecular weight is 357 g/mol. The van der Waals surface area contributed by atoms with Gasteiger partial charge < -0.3 is 9.88 Å². The predicted molar refractivity (Wildman–Crippen MR) is 88.4 cm³/mol. The number of aryl methyl sites for hydroxylation is 1. The molecule has 1 saturated heterocycles. The van der Waals surface area contributed by atoms with Crippen molar-refractivity contribution in [1.82, 2.24) is 14.9 Å². The lowest BCUT2D eigenvalue weighted by Crippen LogP contribution is -2.27. The van der Waals surface area contributed by atoms with E-state index in [1.807, 2.05) is 6.07 Å². The second kappa shape index (κ2) is 6.74. The number of aromatic nitrogens is 2. The monoisotopic (exact) mass is 355 g/mol. The van der Waals surface area contributed by atoms with E-state index in [4.69, 9.17) is 4.98 Å². The molecule has 0 spiro atoms. The number of benzene rings is 1. The van der Waals surface area contributed by atoms with Crippen molar-refractivity contribution in [3.8, 4) is 11.3 Å². The predicted octanol–water partition coefficient (Wildman–Crippen LogP) is 3.74. The van der Waals surface area contributed by atoms with Crippen LogP contribution in [0.1, 0.15) is 24.6 Å². The van der Waals surface area contributed by atoms with Crippen LogP contribution in [0, 0.1) is 0 Å². The maximum absolute atomic E-state index is 4.86. The molecule has 20 heavy (non-hydrogen) atoms. The summed E-state index contributed by atoms with van der Waals surface area (Å²) in [5, 5.41) is 3.41. The van der Waals surface area contributed by atoms with Crippen LogP contribution in [0.15, 0.2) is 34.9 Å². The molecule has 5 heteroatoms. The molecular formula is C15H19BrClN3. The zero-order valence-corrected chi connectivity index (χ0v) is 13.9. The van der Waals surface area contributed by atoms with Crippen molar-refractivity contribution < 1.29 is 0 Å². The number of halogens is 2. The Hall–Kier alpha value is -0.840. The number of nitrogens with zero attached hydrogens (tertiary/aromatic N) is 2. The fourth-order valence-corrected chi connectivity index (χ4v) is 3.13. The summed E-state index contributed by atoms with van der Waals surface area (Å²) >= 11 is 3.52. The molecule has 3 rings (SSSR count). The van der Waals surface area contributed by atoms with Crippen LogP contribution in [-0.2, 0) is 7.05 Å². The van der Waals surface area contributed by atoms with Crippen molar-refractivity contribution in [1.29, 1.82) is 0 Å². The standard InChI is InChI=1S/C15H18BrN3.ClH/c1-19-10-14(12-3-2-4-13(16)9-12)18-15(19)11-5-7-17-8-6-11;/h2-4,9-11,17H,5-8H2,1H3;1H. The molecule has 3 nitrogen and oxygen atoms in total. The Bertz CT molecular complexity index is 576. The fourth-order valence-electron chi connectivity index (χ4n) is 2.73. The zero-order chi connectivity index (χ0) is 13.2. The van der Waals surface area contributed by atoms with E-state index in [9.17, 15) is 0 Å². The number of hydrogen-bond acceptors (Lipinski definition) is 2. The summed E-state index contributed by atoms with van der Waals surface area (Å²) in [5.74, 6) is 1.81. The van der Waals surface area contributed by atoms with Crippen LogP contribution in [0.4, 0.5) is 0 Å². The molecule has 0 unspecified atom stereocenters. The van der Waals surface area contributed by atoms with Gasteiger partial charge in [-0.1, -0.05) is 28.1 Å². The smallest absolute Gasteiger partial charge is 0.112 e. The van der Waals surface area contributed by atoms with Crippen molar-refractivity contribution in [2.45, 2.75) is 18.8 Å². The molecule has 1 N–H and O–H groups in total. The van der Waals surface area contributed by atoms with Crippen molar-refractivity contribution >= 4 is 28.3 Å². The lowest BCUT2D eigenvalue weighted by molar-refractivity contribution is 0.437. The highest BCUT2D eigenvalue weighted by Gasteiger charge is 2.20. The molecule has 108 valence electrons. The van der Waals surface area contributed by atoms with Gasteiger partial charge in [-0.2, -0.15) is 0 Å². The van der Waals surface area contributed by atoms with Crippen molar-refractivity contribution in [3.63, 3.8) is 0 Å². The third-order valence-corrected chi connectivity index (χ3v) is 4.23. The van der Waals surface area contributed by atoms with Gasteiger partial charge in [0.2, 0.25) is 0 Å². The molecular weight excluding hydrogens is 338 g/mol. The Morgan fingerprint density at radius 2 is 2.05 bits per heavy atom. The van der Waals surface area contributed by atoms with Gasteiger partial charge in [0.25, 0.3) is 0 Å². The third kappa shape index (κ3) is 3.25. The highest BCUT2D eigenvalue weighted by Crippen LogP contribution is 2.28. The van der Waals surface area contributed by atoms with Crippen LogP contribution < -0.4 is 5.32 Å². The summed E-state index contributed by atoms with van der Waals surface area (Å²) in [6, 6.07) is 8.33. The number of rotatable bonds is 2. The highest BCUT2D eigenvalue weighted by atomic mass is 79.9. The van der Waals surface area contributed by atoms with Gasteiger partial charge in [-0.05, 0) is 38.1 Å². The van der Waals surface area contributed by atoms with E-state index in [1.165, 1.54) is 24.2 Å². The molecule has 0 saturated carbocycles. The summed E-state index contributed by atoms with van der Waals surface area (Å²) in [4.78, 5) is 4.86. The van der Waals surface area contributed by atoms with Crippen LogP contribution in [0.25, 0.3) is 11.3 Å². The first-order valence-corrected chi connectivity index (χ1v) is 7.53. The summed E-state index contributed by atoms with van der Waals surface area (Å²) in [7, 11) is 2.10. The Balaban J connectivity index is 0.00000147. The van der Waals surface area contributed by atoms with E-state index in [0.29, 0.717) is 5.92 Å². The molecule has 1 aliphatic rings. The molecule has 1 fully saturated rings. The van der Waals surface area contributed by atoms with Gasteiger partial charge in [0, 0.05) is 29.2 Å². The SMILES string of the molecule is Cl.Cn1cc(-c2cccc(Br)c2)nc1C1CCNCC1. The van der Waals surface area contributed by atoms with Gasteiger partial charge in [0.15, 0.2) is 0 Å². The molecule has 1 aliphatic heterocycles. The fraction of sp³-hybridized carbons (Fsp3) is 0.400. The van der Waals surface area contributed by atoms with Crippen LogP contribution >= 0.6 is 28.3 Å². The number of imidazole rings is 1. The molecule has 1 aromatic carbocycles. The summed E-state index contributed by atoms with van der Waals surface area (Å²) in [5.41, 5.74) is 2.24. The third-order valence-electron chi connectivity index (χ3n) is 3.74. The Kier molecular flexibility index (Phi) is 5.24. The van der Waals surface area contributed by atoms with E-state index in [0.717, 1.165) is 23.3 Å². The van der Waals surface area contributed by atoms with Gasteiger partial charge in [0.05, 0.1) is 5.69 Å². The van der Waals surface area contributed by atoms with Gasteiger partial charge in [-0.15, -0.1) is 12.4 Å². The Morgan fingerprint density at radius 1 is 1.30 bits per heavy atom. The molecule has 1 aromatic heterocycles. The quantitative estimate of drug-likeness (QED) is 0.888. The zero-order valence-electron chi connectivity index (χ0n) is 11.5. The second-order valence-corrected chi connectivity index (χ2v) is 6.05. The first kappa shape index (κ1) is 15.5. The first-order valence-electron chi connectivity index (χ1n) is 6.74. The summed E-state index contributed by atoms with van der Waals surface area (Å²) in [6.45, 7) is 2.20. The molecule has 2 heterocycles. The minimum atomic E-state index is 0. The van der Waals surface area contributed by atoms with Crippen LogP contribution in [0.5, 0.6) is 0 Å². The minimum Gasteiger partial charge on any atom is -0.337 e. The van der Waals surface area contributed by atoms with Gasteiger partial charge in [-0.25, -0.2) is 4.98 Å². The van der Waals surface area contributed by atoms with Crippen LogP contribution in [0.2, 0.25) is 0 Å². The Morgan fingerprint density at radius 3 is 2.75 bits per heavy atom. The first-order chi connectivity index (χ1) is 9.24. The lowest BCUT2D eigenvalue weighted by atomic mass is 9.97. The minimum absolute atomic E-state index is 0. The molecule has 0 amide bonds. The van der Waals surface area contributed by atoms with E-state index < -0.39 is 0 Å². The number of piperidine rings is 1. The lowest BCUT2D eigenvalue weighted by Gasteiger charge is -2.21. The molecule has 0 radical (unpaired) electrons. The molecule has 0 atom stereocenters. The van der Waals surface area contributed by atoms with Crippen molar-refractivity contribution in [2.24, 2.45) is 7.05 Å². The van der Waals surface area contributed by atoms with Gasteiger partial charge in [0.1, 0.15) is 5.82 Å². The van der Waals surface area contributed by atoms with Crippen LogP contribution in [0.3, 0.4) is 0 Å². The van der Waals surface area contributed by atoms with Crippen molar-refractivity contribution in [2.75, 3.05) is 13.1 Å². The van der Waals surface area contributed by atoms with Gasteiger partial charge >= 0.3 is 0 Å². The second-order valence-electron chi connectivity index (χ2n) is 5.13. The van der Waals surface area contributed by atoms with E-state index in [-0.39, 0.29) is 12.4 Å². The summed E-state index contributed by atoms with van der Waals surface area (Å²) in [6.07, 6.45) is 4.50. The van der Waals surface area contributed by atoms with E-state index >= 15 is 0 Å². The topological polar surface area (TPSA) is 29.9 Å². The Labute approximate surface area is 134 Å².